The van der Waals surface area contributed by atoms with E-state index in [2.05, 4.69) is 25.7 Å². The van der Waals surface area contributed by atoms with Gasteiger partial charge < -0.3 is 28.4 Å². The number of nitro groups is 1. The molecular formula is C32H32BrN3O12S. The van der Waals surface area contributed by atoms with Crippen LogP contribution in [0.3, 0.4) is 0 Å². The van der Waals surface area contributed by atoms with Crippen molar-refractivity contribution >= 4 is 56.9 Å². The molecule has 1 aliphatic rings. The number of allylic oxidation sites excluding steroid dienone is 1. The van der Waals surface area contributed by atoms with E-state index in [0.717, 1.165) is 11.3 Å². The highest BCUT2D eigenvalue weighted by Gasteiger charge is 2.34. The minimum absolute atomic E-state index is 0.0738. The molecule has 0 saturated carbocycles. The van der Waals surface area contributed by atoms with Crippen molar-refractivity contribution in [2.45, 2.75) is 33.7 Å². The summed E-state index contributed by atoms with van der Waals surface area (Å²) in [6, 6.07) is 6.48. The quantitative estimate of drug-likeness (QED) is 0.101. The molecule has 0 bridgehead atoms. The summed E-state index contributed by atoms with van der Waals surface area (Å²) in [6.45, 7) is 6.19. The average Bonchev–Trinajstić information content (AvgIpc) is 3.36. The number of esters is 3. The molecule has 0 saturated heterocycles. The van der Waals surface area contributed by atoms with Crippen LogP contribution in [0.4, 0.5) is 5.69 Å². The van der Waals surface area contributed by atoms with E-state index in [1.165, 1.54) is 29.9 Å². The van der Waals surface area contributed by atoms with E-state index in [-0.39, 0.29) is 68.6 Å². The van der Waals surface area contributed by atoms with Gasteiger partial charge in [-0.05, 0) is 79.0 Å². The van der Waals surface area contributed by atoms with Gasteiger partial charge in [0.15, 0.2) is 29.5 Å². The fourth-order valence-corrected chi connectivity index (χ4v) is 6.46. The Hall–Kier alpha value is -5.03. The van der Waals surface area contributed by atoms with Gasteiger partial charge in [0, 0.05) is 6.07 Å². The zero-order valence-electron chi connectivity index (χ0n) is 27.1. The van der Waals surface area contributed by atoms with Gasteiger partial charge in [-0.25, -0.2) is 19.4 Å². The van der Waals surface area contributed by atoms with E-state index in [0.29, 0.717) is 11.3 Å². The monoisotopic (exact) mass is 761 g/mol. The van der Waals surface area contributed by atoms with Crippen LogP contribution in [0.25, 0.3) is 6.08 Å². The van der Waals surface area contributed by atoms with Crippen molar-refractivity contribution in [3.8, 4) is 17.2 Å². The number of ether oxygens (including phenoxy) is 6. The molecule has 3 aromatic rings. The van der Waals surface area contributed by atoms with Gasteiger partial charge in [-0.3, -0.25) is 19.5 Å². The molecule has 0 amide bonds. The van der Waals surface area contributed by atoms with Crippen molar-refractivity contribution in [3.05, 3.63) is 87.0 Å². The molecule has 260 valence electrons. The molecule has 0 unspecified atom stereocenters. The van der Waals surface area contributed by atoms with Gasteiger partial charge >= 0.3 is 23.6 Å². The zero-order chi connectivity index (χ0) is 35.8. The van der Waals surface area contributed by atoms with Gasteiger partial charge in [0.25, 0.3) is 5.56 Å². The van der Waals surface area contributed by atoms with Crippen molar-refractivity contribution in [3.63, 3.8) is 0 Å². The smallest absolute Gasteiger partial charge is 0.344 e. The number of aromatic nitrogens is 1. The summed E-state index contributed by atoms with van der Waals surface area (Å²) < 4.78 is 33.3. The molecule has 49 heavy (non-hydrogen) atoms. The first kappa shape index (κ1) is 36.8. The summed E-state index contributed by atoms with van der Waals surface area (Å²) in [6.07, 6.45) is 1.45. The number of methoxy groups -OCH3 is 1. The van der Waals surface area contributed by atoms with Crippen LogP contribution in [0.5, 0.6) is 17.2 Å². The third-order valence-corrected chi connectivity index (χ3v) is 8.43. The predicted octanol–water partition coefficient (Wildman–Crippen LogP) is 3.36. The second kappa shape index (κ2) is 16.4. The molecular weight excluding hydrogens is 730 g/mol. The Kier molecular flexibility index (Phi) is 12.3. The Balaban J connectivity index is 1.87. The molecule has 0 fully saturated rings. The second-order valence-electron chi connectivity index (χ2n) is 10.0. The number of thiazole rings is 1. The zero-order valence-corrected chi connectivity index (χ0v) is 29.5. The Bertz CT molecular complexity index is 2000. The van der Waals surface area contributed by atoms with Gasteiger partial charge in [-0.15, -0.1) is 0 Å². The standard InChI is InChI=1S/C32H32BrN3O12S/c1-6-44-23-14-19(9-10-22(23)47-15-25(37)43-5)28-27(31(40)46-8-3)17(4)34-32-35(28)30(39)24(49-32)13-18-11-20(33)29(21(12-18)36(41)42)48-16-26(38)45-7-2/h9-14,28H,6-8,15-16H2,1-5H3/b24-13+/t28-/m1/s1. The predicted molar refractivity (Wildman–Crippen MR) is 178 cm³/mol. The van der Waals surface area contributed by atoms with Crippen LogP contribution in [0, 0.1) is 10.1 Å². The summed E-state index contributed by atoms with van der Waals surface area (Å²) in [7, 11) is 1.23. The molecule has 0 N–H and O–H groups in total. The number of rotatable bonds is 14. The lowest BCUT2D eigenvalue weighted by atomic mass is 9.95. The number of hydrogen-bond donors (Lipinski definition) is 0. The number of hydrogen-bond acceptors (Lipinski definition) is 14. The highest BCUT2D eigenvalue weighted by molar-refractivity contribution is 9.10. The van der Waals surface area contributed by atoms with E-state index in [1.807, 2.05) is 0 Å². The Morgan fingerprint density at radius 1 is 1.00 bits per heavy atom. The maximum atomic E-state index is 14.1. The van der Waals surface area contributed by atoms with Gasteiger partial charge in [-0.2, -0.15) is 0 Å². The first-order chi connectivity index (χ1) is 23.4. The summed E-state index contributed by atoms with van der Waals surface area (Å²) >= 11 is 4.29. The van der Waals surface area contributed by atoms with E-state index in [4.69, 9.17) is 23.7 Å². The highest BCUT2D eigenvalue weighted by atomic mass is 79.9. The molecule has 4 rings (SSSR count). The van der Waals surface area contributed by atoms with Gasteiger partial charge in [-0.1, -0.05) is 17.4 Å². The minimum atomic E-state index is -1.01. The Morgan fingerprint density at radius 2 is 1.71 bits per heavy atom. The SMILES string of the molecule is CCOC(=O)COc1c(Br)cc(/C=c2/sc3n(c2=O)[C@H](c2ccc(OCC(=O)OC)c(OCC)c2)C(C(=O)OCC)=C(C)N=3)cc1[N+](=O)[O-]. The van der Waals surface area contributed by atoms with Crippen molar-refractivity contribution in [2.24, 2.45) is 4.99 Å². The van der Waals surface area contributed by atoms with E-state index in [1.54, 1.807) is 45.9 Å². The Morgan fingerprint density at radius 3 is 2.37 bits per heavy atom. The van der Waals surface area contributed by atoms with Crippen LogP contribution in [0.1, 0.15) is 44.9 Å². The van der Waals surface area contributed by atoms with Gasteiger partial charge in [0.2, 0.25) is 5.75 Å². The number of halogens is 1. The fourth-order valence-electron chi connectivity index (χ4n) is 4.83. The van der Waals surface area contributed by atoms with Gasteiger partial charge in [0.1, 0.15) is 0 Å². The summed E-state index contributed by atoms with van der Waals surface area (Å²) in [5, 5.41) is 12.0. The van der Waals surface area contributed by atoms with Crippen LogP contribution in [-0.4, -0.2) is 67.5 Å². The van der Waals surface area contributed by atoms with Crippen LogP contribution in [0.15, 0.2) is 55.9 Å². The first-order valence-electron chi connectivity index (χ1n) is 14.9. The lowest BCUT2D eigenvalue weighted by Gasteiger charge is -2.25. The third kappa shape index (κ3) is 8.34. The summed E-state index contributed by atoms with van der Waals surface area (Å²) in [5.41, 5.74) is 0.188. The number of nitrogens with zero attached hydrogens (tertiary/aromatic N) is 3. The van der Waals surface area contributed by atoms with E-state index in [9.17, 15) is 29.3 Å². The minimum Gasteiger partial charge on any atom is -0.490 e. The van der Waals surface area contributed by atoms with Crippen LogP contribution in [-0.2, 0) is 28.6 Å². The van der Waals surface area contributed by atoms with Crippen molar-refractivity contribution < 1.29 is 47.7 Å². The van der Waals surface area contributed by atoms with Gasteiger partial charge in [0.05, 0.1) is 58.2 Å². The molecule has 17 heteroatoms. The van der Waals surface area contributed by atoms with Crippen LogP contribution in [0.2, 0.25) is 0 Å². The van der Waals surface area contributed by atoms with Crippen LogP contribution < -0.4 is 29.1 Å². The van der Waals surface area contributed by atoms with E-state index < -0.39 is 46.7 Å². The first-order valence-corrected chi connectivity index (χ1v) is 16.5. The van der Waals surface area contributed by atoms with Crippen molar-refractivity contribution in [1.29, 1.82) is 0 Å². The average molecular weight is 763 g/mol. The fraction of sp³-hybridized carbons (Fsp3) is 0.344. The maximum Gasteiger partial charge on any atom is 0.344 e. The molecule has 1 aromatic heterocycles. The molecule has 0 spiro atoms. The third-order valence-electron chi connectivity index (χ3n) is 6.85. The maximum absolute atomic E-state index is 14.1. The topological polar surface area (TPSA) is 184 Å². The van der Waals surface area contributed by atoms with Crippen molar-refractivity contribution in [2.75, 3.05) is 40.1 Å². The lowest BCUT2D eigenvalue weighted by molar-refractivity contribution is -0.385. The molecule has 1 atom stereocenters. The molecule has 2 heterocycles. The number of fused-ring (bicyclic) bond motifs is 1. The number of nitro benzene ring substituents is 1. The number of benzene rings is 2. The summed E-state index contributed by atoms with van der Waals surface area (Å²) in [4.78, 5) is 67.0. The molecule has 0 radical (unpaired) electrons. The van der Waals surface area contributed by atoms with Crippen LogP contribution >= 0.6 is 27.3 Å². The largest absolute Gasteiger partial charge is 0.490 e. The number of carbonyl (C=O) groups excluding carboxylic acids is 3. The van der Waals surface area contributed by atoms with E-state index >= 15 is 0 Å². The lowest BCUT2D eigenvalue weighted by Crippen LogP contribution is -2.40. The normalized spacial score (nSPS) is 14.0. The molecule has 2 aromatic carbocycles. The summed E-state index contributed by atoms with van der Waals surface area (Å²) in [5.74, 6) is -1.66. The highest BCUT2D eigenvalue weighted by Crippen LogP contribution is 2.38. The second-order valence-corrected chi connectivity index (χ2v) is 11.9. The molecule has 0 aliphatic carbocycles. The van der Waals surface area contributed by atoms with Crippen molar-refractivity contribution in [1.82, 2.24) is 4.57 Å². The number of carbonyl (C=O) groups is 3. The Labute approximate surface area is 291 Å². The molecule has 1 aliphatic heterocycles. The molecule has 15 nitrogen and oxygen atoms in total.